The summed E-state index contributed by atoms with van der Waals surface area (Å²) < 4.78 is 42.1. The maximum atomic E-state index is 13.4. The van der Waals surface area contributed by atoms with Crippen molar-refractivity contribution in [3.8, 4) is 17.1 Å². The van der Waals surface area contributed by atoms with Crippen LogP contribution in [-0.2, 0) is 13.2 Å². The van der Waals surface area contributed by atoms with E-state index in [2.05, 4.69) is 5.10 Å². The van der Waals surface area contributed by atoms with E-state index >= 15 is 0 Å². The minimum absolute atomic E-state index is 0.132. The maximum Gasteiger partial charge on any atom is 0.416 e. The molecule has 0 N–H and O–H groups in total. The van der Waals surface area contributed by atoms with E-state index in [4.69, 9.17) is 16.6 Å². The first-order valence-electron chi connectivity index (χ1n) is 11.7. The summed E-state index contributed by atoms with van der Waals surface area (Å²) in [5.41, 5.74) is -0.131. The number of nitrogens with zero attached hydrogens (tertiary/aromatic N) is 6. The summed E-state index contributed by atoms with van der Waals surface area (Å²) in [7, 11) is 1.70. The monoisotopic (exact) mass is 542 g/mol. The summed E-state index contributed by atoms with van der Waals surface area (Å²) >= 11 is 6.44. The number of halogens is 4. The number of carbonyl (C=O) groups excluding carboxylic acids is 1. The maximum absolute atomic E-state index is 13.4. The van der Waals surface area contributed by atoms with Crippen molar-refractivity contribution in [1.29, 1.82) is 0 Å². The van der Waals surface area contributed by atoms with Gasteiger partial charge in [0.1, 0.15) is 11.5 Å². The number of amides is 1. The van der Waals surface area contributed by atoms with E-state index in [1.54, 1.807) is 48.5 Å². The van der Waals surface area contributed by atoms with Gasteiger partial charge in [-0.05, 0) is 42.5 Å². The number of carbonyl (C=O) groups is 1. The third-order valence-corrected chi connectivity index (χ3v) is 6.73. The molecule has 0 aliphatic carbocycles. The van der Waals surface area contributed by atoms with Gasteiger partial charge in [-0.25, -0.2) is 4.98 Å². The second-order valence-corrected chi connectivity index (χ2v) is 9.16. The normalized spacial score (nSPS) is 14.1. The zero-order chi connectivity index (χ0) is 27.0. The largest absolute Gasteiger partial charge is 0.416 e. The molecule has 1 aliphatic rings. The van der Waals surface area contributed by atoms with Crippen molar-refractivity contribution in [2.24, 2.45) is 7.05 Å². The predicted molar refractivity (Wildman–Crippen MR) is 137 cm³/mol. The lowest BCUT2D eigenvalue weighted by molar-refractivity contribution is -0.137. The summed E-state index contributed by atoms with van der Waals surface area (Å²) in [5.74, 6) is 0.457. The van der Waals surface area contributed by atoms with Crippen molar-refractivity contribution in [3.05, 3.63) is 93.5 Å². The molecule has 0 bridgehead atoms. The Bertz CT molecular complexity index is 1540. The average Bonchev–Trinajstić information content (AvgIpc) is 3.33. The minimum Gasteiger partial charge on any atom is -0.353 e. The van der Waals surface area contributed by atoms with E-state index in [9.17, 15) is 22.8 Å². The Kier molecular flexibility index (Phi) is 6.70. The van der Waals surface area contributed by atoms with Crippen LogP contribution in [0.1, 0.15) is 16.1 Å². The molecule has 38 heavy (non-hydrogen) atoms. The van der Waals surface area contributed by atoms with Gasteiger partial charge in [-0.15, -0.1) is 0 Å². The fourth-order valence-corrected chi connectivity index (χ4v) is 4.61. The van der Waals surface area contributed by atoms with Crippen molar-refractivity contribution in [2.45, 2.75) is 6.18 Å². The van der Waals surface area contributed by atoms with E-state index in [1.165, 1.54) is 27.4 Å². The van der Waals surface area contributed by atoms with E-state index in [0.29, 0.717) is 48.3 Å². The first-order chi connectivity index (χ1) is 18.1. The molecule has 1 amide bonds. The summed E-state index contributed by atoms with van der Waals surface area (Å²) in [5, 5.41) is 4.38. The highest BCUT2D eigenvalue weighted by atomic mass is 35.5. The standard InChI is InChI=1S/C26H22ClF3N6O2/c1-33-21(10-11-31-33)25(38)35-14-12-34(13-15-35)22-16-23(37)36(18-8-6-17(7-9-18)26(28,29)30)24(32-22)19-4-2-3-5-20(19)27/h2-11,16H,12-15H2,1H3. The lowest BCUT2D eigenvalue weighted by Gasteiger charge is -2.35. The topological polar surface area (TPSA) is 76.3 Å². The Morgan fingerprint density at radius 2 is 1.66 bits per heavy atom. The van der Waals surface area contributed by atoms with Crippen molar-refractivity contribution in [1.82, 2.24) is 24.2 Å². The Morgan fingerprint density at radius 3 is 2.26 bits per heavy atom. The van der Waals surface area contributed by atoms with Crippen LogP contribution in [0.15, 0.2) is 71.7 Å². The van der Waals surface area contributed by atoms with Gasteiger partial charge in [0.2, 0.25) is 0 Å². The first-order valence-corrected chi connectivity index (χ1v) is 12.1. The van der Waals surface area contributed by atoms with Crippen LogP contribution in [0.25, 0.3) is 17.1 Å². The first kappa shape index (κ1) is 25.5. The van der Waals surface area contributed by atoms with Crippen LogP contribution >= 0.6 is 11.6 Å². The molecular formula is C26H22ClF3N6O2. The van der Waals surface area contributed by atoms with Crippen LogP contribution in [-0.4, -0.2) is 56.3 Å². The molecule has 0 spiro atoms. The molecule has 3 heterocycles. The van der Waals surface area contributed by atoms with Gasteiger partial charge in [-0.1, -0.05) is 23.7 Å². The SMILES string of the molecule is Cn1nccc1C(=O)N1CCN(c2cc(=O)n(-c3ccc(C(F)(F)F)cc3)c(-c3ccccc3Cl)n2)CC1. The fraction of sp³-hybridized carbons (Fsp3) is 0.231. The van der Waals surface area contributed by atoms with Crippen molar-refractivity contribution in [3.63, 3.8) is 0 Å². The van der Waals surface area contributed by atoms with Crippen molar-refractivity contribution < 1.29 is 18.0 Å². The van der Waals surface area contributed by atoms with Crippen molar-refractivity contribution >= 4 is 23.3 Å². The molecule has 0 saturated carbocycles. The molecule has 0 unspecified atom stereocenters. The average molecular weight is 543 g/mol. The third-order valence-electron chi connectivity index (χ3n) is 6.40. The van der Waals surface area contributed by atoms with Crippen LogP contribution in [0.5, 0.6) is 0 Å². The molecule has 2 aromatic carbocycles. The quantitative estimate of drug-likeness (QED) is 0.385. The summed E-state index contributed by atoms with van der Waals surface area (Å²) in [6.07, 6.45) is -2.94. The van der Waals surface area contributed by atoms with Crippen LogP contribution in [0, 0.1) is 0 Å². The molecule has 1 aliphatic heterocycles. The molecule has 0 radical (unpaired) electrons. The van der Waals surface area contributed by atoms with E-state index < -0.39 is 17.3 Å². The van der Waals surface area contributed by atoms with Gasteiger partial charge in [0, 0.05) is 51.1 Å². The summed E-state index contributed by atoms with van der Waals surface area (Å²) in [6.45, 7) is 1.69. The van der Waals surface area contributed by atoms with Gasteiger partial charge in [0.05, 0.1) is 16.3 Å². The number of piperazine rings is 1. The number of rotatable bonds is 4. The Labute approximate surface area is 220 Å². The van der Waals surface area contributed by atoms with Gasteiger partial charge in [0.25, 0.3) is 11.5 Å². The van der Waals surface area contributed by atoms with Crippen LogP contribution < -0.4 is 10.5 Å². The molecule has 1 fully saturated rings. The second kappa shape index (κ2) is 9.97. The molecule has 12 heteroatoms. The van der Waals surface area contributed by atoms with Crippen LogP contribution in [0.4, 0.5) is 19.0 Å². The highest BCUT2D eigenvalue weighted by Crippen LogP contribution is 2.32. The van der Waals surface area contributed by atoms with E-state index in [1.807, 2.05) is 4.90 Å². The minimum atomic E-state index is -4.50. The molecule has 4 aromatic rings. The number of hydrogen-bond acceptors (Lipinski definition) is 5. The number of aromatic nitrogens is 4. The summed E-state index contributed by atoms with van der Waals surface area (Å²) in [6, 6.07) is 14.1. The van der Waals surface area contributed by atoms with Crippen LogP contribution in [0.2, 0.25) is 5.02 Å². The van der Waals surface area contributed by atoms with Gasteiger partial charge < -0.3 is 9.80 Å². The highest BCUT2D eigenvalue weighted by Gasteiger charge is 2.30. The third kappa shape index (κ3) is 4.89. The summed E-state index contributed by atoms with van der Waals surface area (Å²) in [4.78, 5) is 34.6. The van der Waals surface area contributed by atoms with Gasteiger partial charge in [-0.2, -0.15) is 18.3 Å². The smallest absolute Gasteiger partial charge is 0.353 e. The van der Waals surface area contributed by atoms with E-state index in [0.717, 1.165) is 12.1 Å². The number of alkyl halides is 3. The van der Waals surface area contributed by atoms with Gasteiger partial charge in [0.15, 0.2) is 5.82 Å². The Hall–Kier alpha value is -4.12. The Morgan fingerprint density at radius 1 is 0.974 bits per heavy atom. The molecule has 0 atom stereocenters. The molecule has 8 nitrogen and oxygen atoms in total. The number of anilines is 1. The number of hydrogen-bond donors (Lipinski definition) is 0. The number of benzene rings is 2. The lowest BCUT2D eigenvalue weighted by atomic mass is 10.1. The number of aryl methyl sites for hydroxylation is 1. The van der Waals surface area contributed by atoms with Crippen LogP contribution in [0.3, 0.4) is 0 Å². The molecule has 1 saturated heterocycles. The van der Waals surface area contributed by atoms with Gasteiger partial charge >= 0.3 is 6.18 Å². The highest BCUT2D eigenvalue weighted by molar-refractivity contribution is 6.33. The zero-order valence-corrected chi connectivity index (χ0v) is 20.9. The molecule has 5 rings (SSSR count). The Balaban J connectivity index is 1.49. The predicted octanol–water partition coefficient (Wildman–Crippen LogP) is 4.27. The van der Waals surface area contributed by atoms with Gasteiger partial charge in [-0.3, -0.25) is 18.8 Å². The molecule has 2 aromatic heterocycles. The molecule has 196 valence electrons. The second-order valence-electron chi connectivity index (χ2n) is 8.76. The van der Waals surface area contributed by atoms with E-state index in [-0.39, 0.29) is 17.4 Å². The zero-order valence-electron chi connectivity index (χ0n) is 20.2. The lowest BCUT2D eigenvalue weighted by Crippen LogP contribution is -2.49. The fourth-order valence-electron chi connectivity index (χ4n) is 4.39. The molecular weight excluding hydrogens is 521 g/mol. The van der Waals surface area contributed by atoms with Crippen molar-refractivity contribution in [2.75, 3.05) is 31.1 Å².